The Morgan fingerprint density at radius 3 is 2.53 bits per heavy atom. The minimum atomic E-state index is -5.75. The highest BCUT2D eigenvalue weighted by atomic mass is 31.3. The summed E-state index contributed by atoms with van der Waals surface area (Å²) in [4.78, 5) is 89.2. The number of methoxy groups -OCH3 is 1. The van der Waals surface area contributed by atoms with E-state index in [1.807, 2.05) is 0 Å². The van der Waals surface area contributed by atoms with E-state index in [0.29, 0.717) is 24.2 Å². The summed E-state index contributed by atoms with van der Waals surface area (Å²) in [5, 5.41) is 2.61. The van der Waals surface area contributed by atoms with E-state index in [1.165, 1.54) is 38.5 Å². The molecule has 0 saturated carbocycles. The summed E-state index contributed by atoms with van der Waals surface area (Å²) in [7, 11) is -15.5. The van der Waals surface area contributed by atoms with Crippen LogP contribution in [0.25, 0.3) is 6.08 Å². The number of benzene rings is 1. The van der Waals surface area contributed by atoms with Crippen molar-refractivity contribution >= 4 is 52.8 Å². The number of carbonyl (C=O) groups is 3. The van der Waals surface area contributed by atoms with Gasteiger partial charge in [-0.3, -0.25) is 18.7 Å². The van der Waals surface area contributed by atoms with E-state index in [0.717, 1.165) is 4.57 Å². The molecule has 2 heterocycles. The number of phosphoric acid groups is 3. The van der Waals surface area contributed by atoms with Gasteiger partial charge >= 0.3 is 29.2 Å². The summed E-state index contributed by atoms with van der Waals surface area (Å²) in [6.45, 7) is 3.76. The van der Waals surface area contributed by atoms with Crippen molar-refractivity contribution in [2.45, 2.75) is 57.3 Å². The van der Waals surface area contributed by atoms with Gasteiger partial charge in [0, 0.05) is 50.2 Å². The largest absolute Gasteiger partial charge is 0.490 e. The molecule has 0 aliphatic carbocycles. The Balaban J connectivity index is 1.54. The van der Waals surface area contributed by atoms with Crippen molar-refractivity contribution in [2.24, 2.45) is 0 Å². The Labute approximate surface area is 331 Å². The van der Waals surface area contributed by atoms with Gasteiger partial charge in [-0.15, -0.1) is 6.58 Å². The number of rotatable bonds is 26. The zero-order chi connectivity index (χ0) is 43.1. The molecular weight excluding hydrogens is 837 g/mol. The Kier molecular flexibility index (Phi) is 18.9. The molecule has 0 bridgehead atoms. The van der Waals surface area contributed by atoms with Gasteiger partial charge in [-0.2, -0.15) is 13.6 Å². The molecule has 322 valence electrons. The van der Waals surface area contributed by atoms with Crippen LogP contribution in [0, 0.1) is 0 Å². The maximum absolute atomic E-state index is 12.7. The molecule has 6 atom stereocenters. The zero-order valence-electron chi connectivity index (χ0n) is 31.2. The van der Waals surface area contributed by atoms with E-state index in [4.69, 9.17) is 39.2 Å². The zero-order valence-corrected chi connectivity index (χ0v) is 33.9. The molecule has 0 spiro atoms. The van der Waals surface area contributed by atoms with Crippen LogP contribution in [0.15, 0.2) is 54.0 Å². The van der Waals surface area contributed by atoms with Crippen LogP contribution in [0.5, 0.6) is 5.75 Å². The second kappa shape index (κ2) is 22.6. The van der Waals surface area contributed by atoms with Gasteiger partial charge < -0.3 is 59.1 Å². The Morgan fingerprint density at radius 1 is 1.12 bits per heavy atom. The van der Waals surface area contributed by atoms with Crippen LogP contribution < -0.4 is 21.5 Å². The number of Topliss-reactive ketones (excluding diaryl/α,β-unsaturated/α-hetero) is 2. The first-order chi connectivity index (χ1) is 27.2. The number of hydrogen-bond acceptors (Lipinski definition) is 17. The lowest BCUT2D eigenvalue weighted by Crippen LogP contribution is -2.33. The molecule has 26 heteroatoms. The summed E-state index contributed by atoms with van der Waals surface area (Å²) < 4.78 is 75.6. The fourth-order valence-electron chi connectivity index (χ4n) is 5.04. The third-order valence-corrected chi connectivity index (χ3v) is 11.4. The van der Waals surface area contributed by atoms with Crippen LogP contribution >= 0.6 is 23.5 Å². The SMILES string of the molecule is C=CCOC(COc1cccc(C(=O)CCCC(C)=O)c1)OCC(=O)NC/C=C/c1cn(C2C[C@H](OC)C(COP(=O)(O)OP(=O)(O)OP(=O)(O)O)O2)c(=O)nc1N. The molecule has 2 aromatic rings. The van der Waals surface area contributed by atoms with Crippen molar-refractivity contribution in [3.63, 3.8) is 0 Å². The summed E-state index contributed by atoms with van der Waals surface area (Å²) in [5.41, 5.74) is 5.75. The molecule has 7 N–H and O–H groups in total. The van der Waals surface area contributed by atoms with E-state index in [1.54, 1.807) is 24.3 Å². The van der Waals surface area contributed by atoms with Crippen molar-refractivity contribution in [1.82, 2.24) is 14.9 Å². The lowest BCUT2D eigenvalue weighted by molar-refractivity contribution is -0.162. The van der Waals surface area contributed by atoms with Gasteiger partial charge in [-0.05, 0) is 25.5 Å². The number of nitrogens with one attached hydrogen (secondary N) is 1. The number of carbonyl (C=O) groups excluding carboxylic acids is 3. The summed E-state index contributed by atoms with van der Waals surface area (Å²) in [5.74, 6) is -0.456. The second-order valence-electron chi connectivity index (χ2n) is 12.2. The predicted molar refractivity (Wildman–Crippen MR) is 201 cm³/mol. The number of aromatic nitrogens is 2. The third-order valence-electron chi connectivity index (χ3n) is 7.61. The van der Waals surface area contributed by atoms with Crippen molar-refractivity contribution in [3.05, 3.63) is 70.8 Å². The molecule has 1 saturated heterocycles. The predicted octanol–water partition coefficient (Wildman–Crippen LogP) is 2.17. The molecule has 58 heavy (non-hydrogen) atoms. The smallest absolute Gasteiger partial charge is 0.488 e. The van der Waals surface area contributed by atoms with Crippen molar-refractivity contribution in [2.75, 3.05) is 45.8 Å². The number of phosphoric ester groups is 1. The third kappa shape index (κ3) is 17.2. The molecule has 3 rings (SSSR count). The van der Waals surface area contributed by atoms with Crippen LogP contribution in [0.3, 0.4) is 0 Å². The maximum Gasteiger partial charge on any atom is 0.490 e. The Bertz CT molecular complexity index is 1990. The Morgan fingerprint density at radius 2 is 1.86 bits per heavy atom. The molecule has 1 aromatic carbocycles. The molecule has 1 aliphatic rings. The van der Waals surface area contributed by atoms with E-state index in [2.05, 4.69) is 30.0 Å². The molecule has 1 fully saturated rings. The highest BCUT2D eigenvalue weighted by Gasteiger charge is 2.43. The van der Waals surface area contributed by atoms with Gasteiger partial charge in [-0.1, -0.05) is 30.4 Å². The van der Waals surface area contributed by atoms with E-state index in [9.17, 15) is 42.7 Å². The number of ketones is 2. The summed E-state index contributed by atoms with van der Waals surface area (Å²) in [6, 6.07) is 6.50. The van der Waals surface area contributed by atoms with Crippen LogP contribution in [-0.4, -0.2) is 105 Å². The lowest BCUT2D eigenvalue weighted by atomic mass is 10.0. The average Bonchev–Trinajstić information content (AvgIpc) is 3.54. The number of nitrogen functional groups attached to an aromatic ring is 1. The molecule has 0 radical (unpaired) electrons. The number of hydrogen-bond donors (Lipinski definition) is 6. The number of ether oxygens (including phenoxy) is 5. The highest BCUT2D eigenvalue weighted by molar-refractivity contribution is 7.66. The topological polar surface area (TPSA) is 330 Å². The number of anilines is 1. The van der Waals surface area contributed by atoms with Crippen molar-refractivity contribution in [1.29, 1.82) is 0 Å². The second-order valence-corrected chi connectivity index (χ2v) is 16.6. The summed E-state index contributed by atoms with van der Waals surface area (Å²) >= 11 is 0. The van der Waals surface area contributed by atoms with Crippen molar-refractivity contribution < 1.29 is 84.5 Å². The van der Waals surface area contributed by atoms with Gasteiger partial charge in [0.15, 0.2) is 12.1 Å². The maximum atomic E-state index is 12.7. The first-order valence-electron chi connectivity index (χ1n) is 17.1. The number of nitrogens with two attached hydrogens (primary N) is 1. The molecule has 1 amide bonds. The molecular formula is C32H45N4O19P3. The van der Waals surface area contributed by atoms with Crippen LogP contribution in [-0.2, 0) is 55.4 Å². The van der Waals surface area contributed by atoms with E-state index >= 15 is 0 Å². The minimum absolute atomic E-state index is 0.00608. The molecule has 23 nitrogen and oxygen atoms in total. The molecule has 1 aromatic heterocycles. The quantitative estimate of drug-likeness (QED) is 0.0341. The van der Waals surface area contributed by atoms with Crippen LogP contribution in [0.1, 0.15) is 54.8 Å². The van der Waals surface area contributed by atoms with E-state index < -0.39 is 73.0 Å². The van der Waals surface area contributed by atoms with Gasteiger partial charge in [0.2, 0.25) is 5.91 Å². The fraction of sp³-hybridized carbons (Fsp3) is 0.469. The number of amides is 1. The minimum Gasteiger partial charge on any atom is -0.488 e. The van der Waals surface area contributed by atoms with E-state index in [-0.39, 0.29) is 55.5 Å². The first-order valence-corrected chi connectivity index (χ1v) is 21.6. The normalized spacial score (nSPS) is 19.6. The lowest BCUT2D eigenvalue weighted by Gasteiger charge is -2.20. The average molecular weight is 883 g/mol. The summed E-state index contributed by atoms with van der Waals surface area (Å²) in [6.07, 6.45) is 2.58. The number of nitrogens with zero attached hydrogens (tertiary/aromatic N) is 2. The standard InChI is InChI=1S/C32H45N4O19P3/c1-4-14-49-30(20-50-24-11-6-9-22(15-24)25(38)12-5-8-21(2)37)51-19-28(39)34-13-7-10-23-17-36(32(40)35-31(23)33)29-16-26(48-3)27(53-29)18-52-57(44,45)55-58(46,47)54-56(41,42)43/h4,6-7,9-11,15,17,26-27,29-30H,1,5,8,12-14,16,18-20H2,2-3H3,(H,34,39)(H,44,45)(H,46,47)(H2,33,35,40)(H2,41,42,43)/b10-7+/t26-,27?,29?,30?/m0/s1. The van der Waals surface area contributed by atoms with Gasteiger partial charge in [-0.25, -0.2) is 18.5 Å². The Hall–Kier alpha value is -3.76. The molecule has 1 aliphatic heterocycles. The fourth-order valence-corrected chi connectivity index (χ4v) is 8.07. The molecule has 5 unspecified atom stereocenters. The van der Waals surface area contributed by atoms with Gasteiger partial charge in [0.05, 0.1) is 19.3 Å². The highest BCUT2D eigenvalue weighted by Crippen LogP contribution is 2.66. The van der Waals surface area contributed by atoms with Crippen LogP contribution in [0.4, 0.5) is 5.82 Å². The van der Waals surface area contributed by atoms with Crippen molar-refractivity contribution in [3.8, 4) is 5.75 Å². The monoisotopic (exact) mass is 882 g/mol. The van der Waals surface area contributed by atoms with Gasteiger partial charge in [0.1, 0.15) is 42.9 Å². The van der Waals surface area contributed by atoms with Crippen LogP contribution in [0.2, 0.25) is 0 Å². The first kappa shape index (κ1) is 48.6. The van der Waals surface area contributed by atoms with Gasteiger partial charge in [0.25, 0.3) is 0 Å².